The van der Waals surface area contributed by atoms with E-state index in [9.17, 15) is 0 Å². The number of hydrogen-bond acceptors (Lipinski definition) is 4. The summed E-state index contributed by atoms with van der Waals surface area (Å²) in [7, 11) is 0. The predicted molar refractivity (Wildman–Crippen MR) is 147 cm³/mol. The van der Waals surface area contributed by atoms with Gasteiger partial charge in [0.2, 0.25) is 0 Å². The molecule has 5 heteroatoms. The highest BCUT2D eigenvalue weighted by Gasteiger charge is 2.27. The summed E-state index contributed by atoms with van der Waals surface area (Å²) in [4.78, 5) is 7.72. The maximum Gasteiger partial charge on any atom is 0.137 e. The van der Waals surface area contributed by atoms with E-state index in [1.807, 2.05) is 0 Å². The van der Waals surface area contributed by atoms with Crippen molar-refractivity contribution < 1.29 is 0 Å². The largest absolute Gasteiger partial charge is 0.354 e. The number of para-hydroxylation sites is 1. The minimum atomic E-state index is 0.440. The van der Waals surface area contributed by atoms with E-state index >= 15 is 0 Å². The van der Waals surface area contributed by atoms with Crippen molar-refractivity contribution in [2.45, 2.75) is 66.6 Å². The first kappa shape index (κ1) is 25.5. The SMILES string of the molecule is CCc1ccc(CN(Cc2c(CC)nn(-c3ccccc3)c2N2CCN(CC)CC2)C(C)C)cc1. The van der Waals surface area contributed by atoms with Crippen molar-refractivity contribution >= 4 is 5.82 Å². The number of likely N-dealkylation sites (N-methyl/N-ethyl adjacent to an activating group) is 1. The van der Waals surface area contributed by atoms with Gasteiger partial charge in [0.25, 0.3) is 0 Å². The third-order valence-electron chi connectivity index (χ3n) is 7.40. The van der Waals surface area contributed by atoms with Gasteiger partial charge in [-0.1, -0.05) is 63.2 Å². The number of hydrogen-bond donors (Lipinski definition) is 0. The summed E-state index contributed by atoms with van der Waals surface area (Å²) in [6.07, 6.45) is 2.02. The molecule has 0 unspecified atom stereocenters. The molecule has 1 aromatic heterocycles. The van der Waals surface area contributed by atoms with Crippen LogP contribution in [0.15, 0.2) is 54.6 Å². The molecule has 0 amide bonds. The fraction of sp³-hybridized carbons (Fsp3) is 0.500. The highest BCUT2D eigenvalue weighted by atomic mass is 15.4. The Bertz CT molecular complexity index is 1050. The van der Waals surface area contributed by atoms with Gasteiger partial charge in [-0.3, -0.25) is 4.90 Å². The quantitative estimate of drug-likeness (QED) is 0.386. The van der Waals surface area contributed by atoms with Crippen LogP contribution in [0.25, 0.3) is 5.69 Å². The van der Waals surface area contributed by atoms with E-state index in [2.05, 4.69) is 109 Å². The molecule has 2 aromatic carbocycles. The molecule has 0 bridgehead atoms. The molecule has 0 spiro atoms. The van der Waals surface area contributed by atoms with Gasteiger partial charge in [0.1, 0.15) is 5.82 Å². The Hall–Kier alpha value is -2.63. The molecule has 0 saturated carbocycles. The zero-order chi connectivity index (χ0) is 24.8. The zero-order valence-electron chi connectivity index (χ0n) is 22.4. The lowest BCUT2D eigenvalue weighted by atomic mass is 10.1. The maximum absolute atomic E-state index is 5.19. The van der Waals surface area contributed by atoms with Crippen LogP contribution >= 0.6 is 0 Å². The van der Waals surface area contributed by atoms with Gasteiger partial charge >= 0.3 is 0 Å². The average Bonchev–Trinajstić information content (AvgIpc) is 3.27. The van der Waals surface area contributed by atoms with Crippen molar-refractivity contribution in [1.29, 1.82) is 0 Å². The van der Waals surface area contributed by atoms with E-state index in [1.54, 1.807) is 0 Å². The lowest BCUT2D eigenvalue weighted by molar-refractivity contribution is 0.203. The first-order chi connectivity index (χ1) is 17.0. The number of benzene rings is 2. The van der Waals surface area contributed by atoms with Crippen molar-refractivity contribution in [3.8, 4) is 5.69 Å². The summed E-state index contributed by atoms with van der Waals surface area (Å²) in [6.45, 7) is 18.6. The van der Waals surface area contributed by atoms with Gasteiger partial charge in [0.05, 0.1) is 11.4 Å². The molecule has 2 heterocycles. The van der Waals surface area contributed by atoms with Crippen LogP contribution in [0, 0.1) is 0 Å². The molecule has 4 rings (SSSR count). The van der Waals surface area contributed by atoms with E-state index < -0.39 is 0 Å². The molecule has 0 aliphatic carbocycles. The number of anilines is 1. The van der Waals surface area contributed by atoms with Gasteiger partial charge < -0.3 is 9.80 Å². The molecule has 5 nitrogen and oxygen atoms in total. The standard InChI is InChI=1S/C30H43N5/c1-6-25-14-16-26(17-15-25)22-34(24(4)5)23-28-29(7-2)31-35(27-12-10-9-11-13-27)30(28)33-20-18-32(8-3)19-21-33/h9-17,24H,6-8,18-23H2,1-5H3. The third kappa shape index (κ3) is 5.96. The molecule has 1 aliphatic rings. The minimum Gasteiger partial charge on any atom is -0.354 e. The minimum absolute atomic E-state index is 0.440. The molecular formula is C30H43N5. The van der Waals surface area contributed by atoms with Crippen LogP contribution in [-0.2, 0) is 25.9 Å². The highest BCUT2D eigenvalue weighted by molar-refractivity contribution is 5.56. The van der Waals surface area contributed by atoms with E-state index in [4.69, 9.17) is 5.10 Å². The van der Waals surface area contributed by atoms with Crippen molar-refractivity contribution in [1.82, 2.24) is 19.6 Å². The topological polar surface area (TPSA) is 27.5 Å². The summed E-state index contributed by atoms with van der Waals surface area (Å²) in [6, 6.07) is 20.3. The number of rotatable bonds is 10. The molecule has 1 fully saturated rings. The smallest absolute Gasteiger partial charge is 0.137 e. The summed E-state index contributed by atoms with van der Waals surface area (Å²) in [5, 5.41) is 5.19. The van der Waals surface area contributed by atoms with Crippen LogP contribution in [0.3, 0.4) is 0 Å². The van der Waals surface area contributed by atoms with Gasteiger partial charge in [-0.2, -0.15) is 5.10 Å². The predicted octanol–water partition coefficient (Wildman–Crippen LogP) is 5.55. The van der Waals surface area contributed by atoms with E-state index in [0.29, 0.717) is 6.04 Å². The molecule has 0 N–H and O–H groups in total. The Morgan fingerprint density at radius 2 is 1.46 bits per heavy atom. The fourth-order valence-corrected chi connectivity index (χ4v) is 5.02. The van der Waals surface area contributed by atoms with Crippen LogP contribution in [0.4, 0.5) is 5.82 Å². The van der Waals surface area contributed by atoms with Gasteiger partial charge in [0, 0.05) is 50.9 Å². The second-order valence-corrected chi connectivity index (χ2v) is 9.94. The number of piperazine rings is 1. The first-order valence-electron chi connectivity index (χ1n) is 13.5. The van der Waals surface area contributed by atoms with Gasteiger partial charge in [-0.05, 0) is 56.5 Å². The highest BCUT2D eigenvalue weighted by Crippen LogP contribution is 2.31. The van der Waals surface area contributed by atoms with Crippen LogP contribution in [0.2, 0.25) is 0 Å². The van der Waals surface area contributed by atoms with Crippen LogP contribution in [0.1, 0.15) is 57.0 Å². The molecule has 3 aromatic rings. The molecule has 0 atom stereocenters. The summed E-state index contributed by atoms with van der Waals surface area (Å²) in [5.41, 5.74) is 6.53. The van der Waals surface area contributed by atoms with Crippen LogP contribution in [0.5, 0.6) is 0 Å². The molecule has 0 radical (unpaired) electrons. The number of nitrogens with zero attached hydrogens (tertiary/aromatic N) is 5. The molecule has 1 saturated heterocycles. The Balaban J connectivity index is 1.70. The first-order valence-corrected chi connectivity index (χ1v) is 13.5. The average molecular weight is 474 g/mol. The van der Waals surface area contributed by atoms with E-state index in [-0.39, 0.29) is 0 Å². The van der Waals surface area contributed by atoms with Crippen LogP contribution in [-0.4, -0.2) is 58.3 Å². The lowest BCUT2D eigenvalue weighted by Crippen LogP contribution is -2.47. The molecular weight excluding hydrogens is 430 g/mol. The number of aromatic nitrogens is 2. The van der Waals surface area contributed by atoms with Crippen LogP contribution < -0.4 is 4.90 Å². The summed E-state index contributed by atoms with van der Waals surface area (Å²) < 4.78 is 2.21. The lowest BCUT2D eigenvalue weighted by Gasteiger charge is -2.37. The third-order valence-corrected chi connectivity index (χ3v) is 7.40. The Morgan fingerprint density at radius 3 is 2.03 bits per heavy atom. The monoisotopic (exact) mass is 473 g/mol. The van der Waals surface area contributed by atoms with Crippen molar-refractivity contribution in [2.75, 3.05) is 37.6 Å². The van der Waals surface area contributed by atoms with Gasteiger partial charge in [-0.25, -0.2) is 4.68 Å². The Kier molecular flexibility index (Phi) is 8.64. The van der Waals surface area contributed by atoms with Gasteiger partial charge in [-0.15, -0.1) is 0 Å². The van der Waals surface area contributed by atoms with Crippen molar-refractivity contribution in [2.24, 2.45) is 0 Å². The molecule has 1 aliphatic heterocycles. The Morgan fingerprint density at radius 1 is 0.800 bits per heavy atom. The summed E-state index contributed by atoms with van der Waals surface area (Å²) >= 11 is 0. The second-order valence-electron chi connectivity index (χ2n) is 9.94. The van der Waals surface area contributed by atoms with E-state index in [0.717, 1.165) is 64.3 Å². The van der Waals surface area contributed by atoms with Crippen molar-refractivity contribution in [3.05, 3.63) is 77.0 Å². The number of aryl methyl sites for hydroxylation is 2. The normalized spacial score (nSPS) is 14.9. The fourth-order valence-electron chi connectivity index (χ4n) is 5.02. The molecule has 35 heavy (non-hydrogen) atoms. The maximum atomic E-state index is 5.19. The Labute approximate surface area is 212 Å². The van der Waals surface area contributed by atoms with E-state index in [1.165, 1.54) is 28.2 Å². The summed E-state index contributed by atoms with van der Waals surface area (Å²) in [5.74, 6) is 1.29. The second kappa shape index (κ2) is 11.9. The van der Waals surface area contributed by atoms with Crippen molar-refractivity contribution in [3.63, 3.8) is 0 Å². The van der Waals surface area contributed by atoms with Gasteiger partial charge in [0.15, 0.2) is 0 Å². The zero-order valence-corrected chi connectivity index (χ0v) is 22.4. The molecule has 188 valence electrons.